The van der Waals surface area contributed by atoms with Crippen LogP contribution in [0.4, 0.5) is 0 Å². The first-order chi connectivity index (χ1) is 14.6. The number of methoxy groups -OCH3 is 2. The molecule has 9 heteroatoms. The van der Waals surface area contributed by atoms with Crippen molar-refractivity contribution in [3.8, 4) is 11.5 Å². The molecule has 0 bridgehead atoms. The lowest BCUT2D eigenvalue weighted by Crippen LogP contribution is -2.48. The van der Waals surface area contributed by atoms with Gasteiger partial charge < -0.3 is 29.7 Å². The quantitative estimate of drug-likeness (QED) is 0.394. The normalized spacial score (nSPS) is 15.0. The number of carbonyl (C=O) groups excluding carboxylic acids is 3. The molecule has 0 fully saturated rings. The van der Waals surface area contributed by atoms with Crippen molar-refractivity contribution in [2.24, 2.45) is 0 Å². The second-order valence-corrected chi connectivity index (χ2v) is 7.48. The number of cyclic esters (lactones) is 1. The van der Waals surface area contributed by atoms with Gasteiger partial charge in [-0.15, -0.1) is 0 Å². The summed E-state index contributed by atoms with van der Waals surface area (Å²) >= 11 is 0. The average Bonchev–Trinajstić information content (AvgIpc) is 3.13. The lowest BCUT2D eigenvalue weighted by atomic mass is 9.94. The Labute approximate surface area is 181 Å². The fourth-order valence-electron chi connectivity index (χ4n) is 3.47. The van der Waals surface area contributed by atoms with E-state index in [1.165, 1.54) is 21.1 Å². The Morgan fingerprint density at radius 3 is 2.55 bits per heavy atom. The monoisotopic (exact) mass is 435 g/mol. The maximum Gasteiger partial charge on any atom is 0.342 e. The first-order valence-corrected chi connectivity index (χ1v) is 9.91. The van der Waals surface area contributed by atoms with E-state index in [9.17, 15) is 24.6 Å². The largest absolute Gasteiger partial charge is 0.507 e. The van der Waals surface area contributed by atoms with Gasteiger partial charge in [-0.2, -0.15) is 0 Å². The molecule has 1 unspecified atom stereocenters. The predicted octanol–water partition coefficient (Wildman–Crippen LogP) is 1.69. The van der Waals surface area contributed by atoms with Gasteiger partial charge in [-0.3, -0.25) is 4.79 Å². The highest BCUT2D eigenvalue weighted by atomic mass is 16.5. The third-order valence-electron chi connectivity index (χ3n) is 5.30. The van der Waals surface area contributed by atoms with Gasteiger partial charge in [0.1, 0.15) is 23.7 Å². The van der Waals surface area contributed by atoms with Crippen LogP contribution >= 0.6 is 0 Å². The van der Waals surface area contributed by atoms with Crippen molar-refractivity contribution < 1.29 is 38.8 Å². The van der Waals surface area contributed by atoms with E-state index in [4.69, 9.17) is 9.47 Å². The Hall–Kier alpha value is -3.07. The number of hydrogen-bond acceptors (Lipinski definition) is 8. The number of aromatic hydroxyl groups is 1. The Morgan fingerprint density at radius 1 is 1.29 bits per heavy atom. The zero-order valence-corrected chi connectivity index (χ0v) is 18.4. The predicted molar refractivity (Wildman–Crippen MR) is 111 cm³/mol. The SMILES string of the molecule is COC(=O)[C@@H](NC(=O)CC/C(C)=C/Cc1c(O)c2c(c(C)c1OC)COC2=O)C(C)O. The van der Waals surface area contributed by atoms with Gasteiger partial charge in [-0.25, -0.2) is 9.59 Å². The van der Waals surface area contributed by atoms with Gasteiger partial charge in [0.2, 0.25) is 5.91 Å². The van der Waals surface area contributed by atoms with E-state index in [-0.39, 0.29) is 24.3 Å². The number of carbonyl (C=O) groups is 3. The first kappa shape index (κ1) is 24.2. The molecule has 0 aliphatic carbocycles. The summed E-state index contributed by atoms with van der Waals surface area (Å²) in [6, 6.07) is -1.13. The number of phenolic OH excluding ortho intramolecular Hbond substituents is 1. The van der Waals surface area contributed by atoms with Gasteiger partial charge >= 0.3 is 11.9 Å². The number of hydrogen-bond donors (Lipinski definition) is 3. The third kappa shape index (κ3) is 5.35. The summed E-state index contributed by atoms with van der Waals surface area (Å²) in [6.07, 6.45) is 1.54. The minimum absolute atomic E-state index is 0.0984. The summed E-state index contributed by atoms with van der Waals surface area (Å²) in [7, 11) is 2.68. The number of phenols is 1. The standard InChI is InChI=1S/C22H29NO8/c1-11(7-9-16(25)23-18(13(3)24)22(28)30-5)6-8-14-19(26)17-15(10-31-21(17)27)12(2)20(14)29-4/h6,13,18,24,26H,7-10H2,1-5H3,(H,23,25)/b11-6+/t13?,18-/m0/s1. The van der Waals surface area contributed by atoms with E-state index in [1.807, 2.05) is 19.9 Å². The Bertz CT molecular complexity index is 904. The Balaban J connectivity index is 2.09. The van der Waals surface area contributed by atoms with Crippen LogP contribution in [0.25, 0.3) is 0 Å². The number of amides is 1. The molecule has 0 radical (unpaired) electrons. The summed E-state index contributed by atoms with van der Waals surface area (Å²) in [5, 5.41) is 22.7. The lowest BCUT2D eigenvalue weighted by molar-refractivity contribution is -0.148. The molecular weight excluding hydrogens is 406 g/mol. The van der Waals surface area contributed by atoms with Crippen molar-refractivity contribution in [3.63, 3.8) is 0 Å². The highest BCUT2D eigenvalue weighted by molar-refractivity contribution is 5.98. The number of rotatable bonds is 9. The average molecular weight is 435 g/mol. The number of esters is 2. The van der Waals surface area contributed by atoms with Crippen LogP contribution in [0.1, 0.15) is 53.7 Å². The van der Waals surface area contributed by atoms with Gasteiger partial charge in [0.15, 0.2) is 6.04 Å². The summed E-state index contributed by atoms with van der Waals surface area (Å²) in [5.74, 6) is -1.34. The summed E-state index contributed by atoms with van der Waals surface area (Å²) < 4.78 is 15.1. The number of aliphatic hydroxyl groups excluding tert-OH is 1. The van der Waals surface area contributed by atoms with E-state index in [0.717, 1.165) is 11.1 Å². The minimum atomic E-state index is -1.13. The molecule has 0 saturated carbocycles. The molecule has 31 heavy (non-hydrogen) atoms. The molecular formula is C22H29NO8. The first-order valence-electron chi connectivity index (χ1n) is 9.91. The van der Waals surface area contributed by atoms with Gasteiger partial charge in [-0.05, 0) is 39.2 Å². The van der Waals surface area contributed by atoms with Crippen LogP contribution in [-0.2, 0) is 32.1 Å². The smallest absolute Gasteiger partial charge is 0.342 e. The van der Waals surface area contributed by atoms with Gasteiger partial charge in [-0.1, -0.05) is 11.6 Å². The van der Waals surface area contributed by atoms with Gasteiger partial charge in [0.05, 0.1) is 20.3 Å². The Kier molecular flexibility index (Phi) is 8.04. The van der Waals surface area contributed by atoms with Crippen LogP contribution in [0, 0.1) is 6.92 Å². The number of fused-ring (bicyclic) bond motifs is 1. The van der Waals surface area contributed by atoms with Gasteiger partial charge in [0, 0.05) is 17.5 Å². The molecule has 0 spiro atoms. The minimum Gasteiger partial charge on any atom is -0.507 e. The van der Waals surface area contributed by atoms with Gasteiger partial charge in [0.25, 0.3) is 0 Å². The zero-order chi connectivity index (χ0) is 23.3. The molecule has 1 aromatic carbocycles. The molecule has 0 aromatic heterocycles. The molecule has 0 saturated heterocycles. The van der Waals surface area contributed by atoms with Crippen LogP contribution in [0.5, 0.6) is 11.5 Å². The highest BCUT2D eigenvalue weighted by Gasteiger charge is 2.32. The maximum absolute atomic E-state index is 12.2. The van der Waals surface area contributed by atoms with Crippen molar-refractivity contribution >= 4 is 17.8 Å². The van der Waals surface area contributed by atoms with E-state index in [1.54, 1.807) is 0 Å². The molecule has 170 valence electrons. The molecule has 2 rings (SSSR count). The lowest BCUT2D eigenvalue weighted by Gasteiger charge is -2.19. The molecule has 1 aliphatic rings. The van der Waals surface area contributed by atoms with Crippen molar-refractivity contribution in [3.05, 3.63) is 33.9 Å². The number of aliphatic hydroxyl groups is 1. The zero-order valence-electron chi connectivity index (χ0n) is 18.4. The summed E-state index contributed by atoms with van der Waals surface area (Å²) in [6.45, 7) is 5.13. The molecule has 1 heterocycles. The second kappa shape index (κ2) is 10.3. The maximum atomic E-state index is 12.2. The van der Waals surface area contributed by atoms with Crippen molar-refractivity contribution in [2.45, 2.75) is 58.8 Å². The van der Waals surface area contributed by atoms with E-state index in [2.05, 4.69) is 10.1 Å². The van der Waals surface area contributed by atoms with Crippen molar-refractivity contribution in [1.82, 2.24) is 5.32 Å². The molecule has 1 aromatic rings. The number of ether oxygens (including phenoxy) is 3. The second-order valence-electron chi connectivity index (χ2n) is 7.48. The van der Waals surface area contributed by atoms with E-state index < -0.39 is 30.0 Å². The molecule has 1 amide bonds. The third-order valence-corrected chi connectivity index (χ3v) is 5.30. The molecule has 1 aliphatic heterocycles. The summed E-state index contributed by atoms with van der Waals surface area (Å²) in [4.78, 5) is 35.8. The van der Waals surface area contributed by atoms with Crippen LogP contribution in [0.3, 0.4) is 0 Å². The molecule has 3 N–H and O–H groups in total. The van der Waals surface area contributed by atoms with Crippen LogP contribution in [0.2, 0.25) is 0 Å². The van der Waals surface area contributed by atoms with E-state index >= 15 is 0 Å². The van der Waals surface area contributed by atoms with E-state index in [0.29, 0.717) is 29.7 Å². The number of nitrogens with one attached hydrogen (secondary N) is 1. The number of allylic oxidation sites excluding steroid dienone is 2. The topological polar surface area (TPSA) is 131 Å². The number of benzene rings is 1. The fourth-order valence-corrected chi connectivity index (χ4v) is 3.47. The van der Waals surface area contributed by atoms with Crippen LogP contribution in [-0.4, -0.2) is 54.4 Å². The van der Waals surface area contributed by atoms with Crippen LogP contribution < -0.4 is 10.1 Å². The molecule has 9 nitrogen and oxygen atoms in total. The fraction of sp³-hybridized carbons (Fsp3) is 0.500. The summed E-state index contributed by atoms with van der Waals surface area (Å²) in [5.41, 5.74) is 2.88. The highest BCUT2D eigenvalue weighted by Crippen LogP contribution is 2.42. The Morgan fingerprint density at radius 2 is 1.97 bits per heavy atom. The van der Waals surface area contributed by atoms with Crippen LogP contribution in [0.15, 0.2) is 11.6 Å². The molecule has 2 atom stereocenters. The van der Waals surface area contributed by atoms with Crippen molar-refractivity contribution in [1.29, 1.82) is 0 Å². The van der Waals surface area contributed by atoms with Crippen molar-refractivity contribution in [2.75, 3.05) is 14.2 Å².